The summed E-state index contributed by atoms with van der Waals surface area (Å²) in [6.45, 7) is 6.17. The van der Waals surface area contributed by atoms with Gasteiger partial charge in [0.15, 0.2) is 0 Å². The van der Waals surface area contributed by atoms with E-state index in [1.165, 1.54) is 6.33 Å². The monoisotopic (exact) mass is 223 g/mol. The summed E-state index contributed by atoms with van der Waals surface area (Å²) in [5.74, 6) is 0. The molecule has 4 nitrogen and oxygen atoms in total. The third kappa shape index (κ3) is 5.19. The van der Waals surface area contributed by atoms with E-state index in [4.69, 9.17) is 5.11 Å². The molecular weight excluding hydrogens is 202 g/mol. The highest BCUT2D eigenvalue weighted by Crippen LogP contribution is 2.20. The number of aliphatic hydroxyl groups is 1. The van der Waals surface area contributed by atoms with E-state index in [1.54, 1.807) is 0 Å². The number of hydrogen-bond acceptors (Lipinski definition) is 4. The molecule has 4 heteroatoms. The second kappa shape index (κ2) is 6.55. The molecule has 0 aliphatic carbocycles. The highest BCUT2D eigenvalue weighted by atomic mass is 16.3. The topological polar surface area (TPSA) is 58.0 Å². The summed E-state index contributed by atoms with van der Waals surface area (Å²) >= 11 is 0. The van der Waals surface area contributed by atoms with Crippen LogP contribution in [0.4, 0.5) is 0 Å². The fourth-order valence-corrected chi connectivity index (χ4v) is 1.42. The van der Waals surface area contributed by atoms with Crippen molar-refractivity contribution >= 4 is 0 Å². The molecule has 1 rings (SSSR count). The lowest BCUT2D eigenvalue weighted by molar-refractivity contribution is 0.148. The molecule has 0 radical (unpaired) electrons. The van der Waals surface area contributed by atoms with Crippen LogP contribution in [0, 0.1) is 5.41 Å². The first-order valence-electron chi connectivity index (χ1n) is 5.69. The summed E-state index contributed by atoms with van der Waals surface area (Å²) in [4.78, 5) is 7.90. The van der Waals surface area contributed by atoms with Gasteiger partial charge in [-0.25, -0.2) is 9.97 Å². The van der Waals surface area contributed by atoms with Crippen LogP contribution in [-0.4, -0.2) is 28.2 Å². The summed E-state index contributed by atoms with van der Waals surface area (Å²) in [5.41, 5.74) is 1.14. The van der Waals surface area contributed by atoms with Crippen molar-refractivity contribution in [3.05, 3.63) is 24.3 Å². The lowest BCUT2D eigenvalue weighted by Crippen LogP contribution is -2.21. The molecule has 0 bridgehead atoms. The minimum absolute atomic E-state index is 0.0392. The summed E-state index contributed by atoms with van der Waals surface area (Å²) in [6, 6.07) is 0. The summed E-state index contributed by atoms with van der Waals surface area (Å²) < 4.78 is 0. The first kappa shape index (κ1) is 13.1. The largest absolute Gasteiger partial charge is 0.396 e. The average molecular weight is 223 g/mol. The van der Waals surface area contributed by atoms with Crippen molar-refractivity contribution in [3.63, 3.8) is 0 Å². The van der Waals surface area contributed by atoms with Crippen LogP contribution in [0.3, 0.4) is 0 Å². The standard InChI is InChI=1S/C12H21N3O/c1-12(2,9-16)4-3-5-13-6-11-7-14-10-15-8-11/h7-8,10,13,16H,3-6,9H2,1-2H3. The van der Waals surface area contributed by atoms with Gasteiger partial charge in [-0.1, -0.05) is 13.8 Å². The Hall–Kier alpha value is -1.00. The van der Waals surface area contributed by atoms with Crippen LogP contribution in [0.1, 0.15) is 32.3 Å². The SMILES string of the molecule is CC(C)(CO)CCCNCc1cncnc1. The van der Waals surface area contributed by atoms with Crippen LogP contribution in [0.15, 0.2) is 18.7 Å². The molecule has 0 fully saturated rings. The van der Waals surface area contributed by atoms with E-state index >= 15 is 0 Å². The zero-order valence-corrected chi connectivity index (χ0v) is 10.1. The van der Waals surface area contributed by atoms with Gasteiger partial charge in [-0.15, -0.1) is 0 Å². The number of aromatic nitrogens is 2. The second-order valence-corrected chi connectivity index (χ2v) is 4.85. The fourth-order valence-electron chi connectivity index (χ4n) is 1.42. The zero-order chi connectivity index (χ0) is 11.9. The summed E-state index contributed by atoms with van der Waals surface area (Å²) in [5, 5.41) is 12.4. The molecule has 0 aliphatic heterocycles. The fraction of sp³-hybridized carbons (Fsp3) is 0.667. The Kier molecular flexibility index (Phi) is 5.35. The first-order chi connectivity index (χ1) is 7.64. The van der Waals surface area contributed by atoms with Gasteiger partial charge in [0.2, 0.25) is 0 Å². The number of rotatable bonds is 7. The molecule has 0 saturated carbocycles. The molecular formula is C12H21N3O. The Bertz CT molecular complexity index is 288. The van der Waals surface area contributed by atoms with Crippen LogP contribution < -0.4 is 5.32 Å². The van der Waals surface area contributed by atoms with Gasteiger partial charge in [-0.05, 0) is 24.8 Å². The molecule has 16 heavy (non-hydrogen) atoms. The Morgan fingerprint density at radius 1 is 1.31 bits per heavy atom. The van der Waals surface area contributed by atoms with Gasteiger partial charge in [0.05, 0.1) is 0 Å². The highest BCUT2D eigenvalue weighted by molar-refractivity contribution is 5.01. The van der Waals surface area contributed by atoms with E-state index in [-0.39, 0.29) is 12.0 Å². The maximum Gasteiger partial charge on any atom is 0.115 e. The minimum atomic E-state index is 0.0392. The Morgan fingerprint density at radius 3 is 2.62 bits per heavy atom. The Labute approximate surface area is 97.1 Å². The van der Waals surface area contributed by atoms with E-state index in [2.05, 4.69) is 29.1 Å². The van der Waals surface area contributed by atoms with Crippen LogP contribution in [0.25, 0.3) is 0 Å². The van der Waals surface area contributed by atoms with Crippen LogP contribution >= 0.6 is 0 Å². The number of aliphatic hydroxyl groups excluding tert-OH is 1. The van der Waals surface area contributed by atoms with Crippen molar-refractivity contribution in [2.75, 3.05) is 13.2 Å². The number of nitrogens with zero attached hydrogens (tertiary/aromatic N) is 2. The van der Waals surface area contributed by atoms with Gasteiger partial charge in [0.1, 0.15) is 6.33 Å². The predicted molar refractivity (Wildman–Crippen MR) is 63.8 cm³/mol. The number of hydrogen-bond donors (Lipinski definition) is 2. The van der Waals surface area contributed by atoms with E-state index in [9.17, 15) is 0 Å². The lowest BCUT2D eigenvalue weighted by Gasteiger charge is -2.21. The molecule has 1 aromatic rings. The van der Waals surface area contributed by atoms with Crippen molar-refractivity contribution in [1.29, 1.82) is 0 Å². The maximum atomic E-state index is 9.09. The number of nitrogens with one attached hydrogen (secondary N) is 1. The molecule has 2 N–H and O–H groups in total. The van der Waals surface area contributed by atoms with Crippen molar-refractivity contribution in [1.82, 2.24) is 15.3 Å². The third-order valence-electron chi connectivity index (χ3n) is 2.58. The molecule has 1 heterocycles. The molecule has 0 aliphatic rings. The van der Waals surface area contributed by atoms with Crippen molar-refractivity contribution in [3.8, 4) is 0 Å². The average Bonchev–Trinajstić information content (AvgIpc) is 2.30. The van der Waals surface area contributed by atoms with Gasteiger partial charge in [-0.3, -0.25) is 0 Å². The van der Waals surface area contributed by atoms with E-state index in [1.807, 2.05) is 12.4 Å². The van der Waals surface area contributed by atoms with Gasteiger partial charge in [0.25, 0.3) is 0 Å². The van der Waals surface area contributed by atoms with E-state index in [0.717, 1.165) is 31.5 Å². The molecule has 0 unspecified atom stereocenters. The van der Waals surface area contributed by atoms with Crippen molar-refractivity contribution in [2.45, 2.75) is 33.2 Å². The van der Waals surface area contributed by atoms with Crippen molar-refractivity contribution in [2.24, 2.45) is 5.41 Å². The van der Waals surface area contributed by atoms with Crippen LogP contribution in [0.2, 0.25) is 0 Å². The Balaban J connectivity index is 2.09. The van der Waals surface area contributed by atoms with Gasteiger partial charge >= 0.3 is 0 Å². The quantitative estimate of drug-likeness (QED) is 0.685. The first-order valence-corrected chi connectivity index (χ1v) is 5.69. The molecule has 0 aromatic carbocycles. The molecule has 0 spiro atoms. The van der Waals surface area contributed by atoms with Gasteiger partial charge < -0.3 is 10.4 Å². The zero-order valence-electron chi connectivity index (χ0n) is 10.1. The Morgan fingerprint density at radius 2 is 2.00 bits per heavy atom. The minimum Gasteiger partial charge on any atom is -0.396 e. The maximum absolute atomic E-state index is 9.09. The van der Waals surface area contributed by atoms with Gasteiger partial charge in [0, 0.05) is 31.1 Å². The molecule has 1 aromatic heterocycles. The summed E-state index contributed by atoms with van der Waals surface area (Å²) in [7, 11) is 0. The highest BCUT2D eigenvalue weighted by Gasteiger charge is 2.14. The van der Waals surface area contributed by atoms with Crippen molar-refractivity contribution < 1.29 is 5.11 Å². The third-order valence-corrected chi connectivity index (χ3v) is 2.58. The van der Waals surface area contributed by atoms with Crippen LogP contribution in [-0.2, 0) is 6.54 Å². The molecule has 90 valence electrons. The normalized spacial score (nSPS) is 11.7. The second-order valence-electron chi connectivity index (χ2n) is 4.85. The van der Waals surface area contributed by atoms with Gasteiger partial charge in [-0.2, -0.15) is 0 Å². The summed E-state index contributed by atoms with van der Waals surface area (Å²) in [6.07, 6.45) is 7.27. The predicted octanol–water partition coefficient (Wildman–Crippen LogP) is 1.36. The molecule has 0 saturated heterocycles. The molecule has 0 atom stereocenters. The van der Waals surface area contributed by atoms with E-state index < -0.39 is 0 Å². The molecule has 0 amide bonds. The lowest BCUT2D eigenvalue weighted by atomic mass is 9.89. The van der Waals surface area contributed by atoms with E-state index in [0.29, 0.717) is 0 Å². The smallest absolute Gasteiger partial charge is 0.115 e. The van der Waals surface area contributed by atoms with Crippen LogP contribution in [0.5, 0.6) is 0 Å².